The summed E-state index contributed by atoms with van der Waals surface area (Å²) in [7, 11) is 0. The number of carbonyl (C=O) groups is 1. The van der Waals surface area contributed by atoms with Crippen LogP contribution in [-0.4, -0.2) is 48.4 Å². The van der Waals surface area contributed by atoms with Crippen LogP contribution in [0.2, 0.25) is 0 Å². The molecule has 0 atom stereocenters. The highest BCUT2D eigenvalue weighted by Crippen LogP contribution is 2.21. The Hall–Kier alpha value is -1.96. The zero-order valence-corrected chi connectivity index (χ0v) is 15.4. The largest absolute Gasteiger partial charge is 0.395 e. The van der Waals surface area contributed by atoms with E-state index in [4.69, 9.17) is 4.74 Å². The molecule has 7 heteroatoms. The Morgan fingerprint density at radius 1 is 1.28 bits per heavy atom. The molecule has 3 rings (SSSR count). The second-order valence-corrected chi connectivity index (χ2v) is 6.94. The number of rotatable bonds is 5. The summed E-state index contributed by atoms with van der Waals surface area (Å²) in [5.74, 6) is 0.0262. The first kappa shape index (κ1) is 17.8. The van der Waals surface area contributed by atoms with E-state index in [9.17, 15) is 9.90 Å². The smallest absolute Gasteiger partial charge is 0.190 e. The summed E-state index contributed by atoms with van der Waals surface area (Å²) < 4.78 is 7.28. The van der Waals surface area contributed by atoms with Gasteiger partial charge in [0.05, 0.1) is 30.4 Å². The number of ketones is 1. The Balaban J connectivity index is 1.92. The Morgan fingerprint density at radius 3 is 2.56 bits per heavy atom. The average molecular weight is 361 g/mol. The van der Waals surface area contributed by atoms with Gasteiger partial charge in [0, 0.05) is 37.9 Å². The highest BCUT2D eigenvalue weighted by Gasteiger charge is 2.14. The fraction of sp³-hybridized carbons (Fsp3) is 0.444. The molecule has 1 fully saturated rings. The monoisotopic (exact) mass is 361 g/mol. The summed E-state index contributed by atoms with van der Waals surface area (Å²) >= 11 is 1.37. The van der Waals surface area contributed by atoms with E-state index in [1.54, 1.807) is 6.92 Å². The van der Waals surface area contributed by atoms with Crippen LogP contribution in [0.3, 0.4) is 0 Å². The SMILES string of the molecule is CC(=O)c1sc(=Nc2ccc(N3CCOCC3)cc2)n(CCO)c1C. The molecule has 0 amide bonds. The van der Waals surface area contributed by atoms with Gasteiger partial charge in [-0.15, -0.1) is 0 Å². The van der Waals surface area contributed by atoms with Gasteiger partial charge in [-0.3, -0.25) is 4.79 Å². The fourth-order valence-corrected chi connectivity index (χ4v) is 4.00. The maximum absolute atomic E-state index is 11.8. The number of Topliss-reactive ketones (excluding diaryl/α,β-unsaturated/α-hetero) is 1. The van der Waals surface area contributed by atoms with Crippen LogP contribution in [-0.2, 0) is 11.3 Å². The Labute approximate surface area is 151 Å². The molecule has 25 heavy (non-hydrogen) atoms. The Bertz CT molecular complexity index is 802. The van der Waals surface area contributed by atoms with Crippen molar-refractivity contribution in [2.24, 2.45) is 4.99 Å². The van der Waals surface area contributed by atoms with Gasteiger partial charge in [-0.2, -0.15) is 0 Å². The van der Waals surface area contributed by atoms with Crippen LogP contribution >= 0.6 is 11.3 Å². The zero-order valence-electron chi connectivity index (χ0n) is 14.6. The maximum Gasteiger partial charge on any atom is 0.190 e. The minimum Gasteiger partial charge on any atom is -0.395 e. The van der Waals surface area contributed by atoms with Crippen LogP contribution in [0.15, 0.2) is 29.3 Å². The van der Waals surface area contributed by atoms with Gasteiger partial charge < -0.3 is 19.3 Å². The van der Waals surface area contributed by atoms with E-state index in [0.29, 0.717) is 11.4 Å². The molecular weight excluding hydrogens is 338 g/mol. The van der Waals surface area contributed by atoms with Crippen LogP contribution in [0.5, 0.6) is 0 Å². The van der Waals surface area contributed by atoms with Gasteiger partial charge in [-0.25, -0.2) is 4.99 Å². The lowest BCUT2D eigenvalue weighted by molar-refractivity contribution is 0.102. The van der Waals surface area contributed by atoms with Gasteiger partial charge in [0.2, 0.25) is 0 Å². The molecule has 1 aromatic carbocycles. The summed E-state index contributed by atoms with van der Waals surface area (Å²) in [6.07, 6.45) is 0. The molecule has 1 aliphatic rings. The molecule has 0 unspecified atom stereocenters. The van der Waals surface area contributed by atoms with Crippen molar-refractivity contribution in [3.63, 3.8) is 0 Å². The zero-order chi connectivity index (χ0) is 17.8. The van der Waals surface area contributed by atoms with Crippen molar-refractivity contribution >= 4 is 28.5 Å². The number of hydrogen-bond acceptors (Lipinski definition) is 6. The van der Waals surface area contributed by atoms with Crippen LogP contribution in [0.1, 0.15) is 22.3 Å². The predicted octanol–water partition coefficient (Wildman–Crippen LogP) is 2.12. The first-order valence-electron chi connectivity index (χ1n) is 8.39. The molecule has 0 saturated carbocycles. The predicted molar refractivity (Wildman–Crippen MR) is 98.8 cm³/mol. The number of morpholine rings is 1. The van der Waals surface area contributed by atoms with Gasteiger partial charge in [0.1, 0.15) is 0 Å². The highest BCUT2D eigenvalue weighted by atomic mass is 32.1. The number of ether oxygens (including phenoxy) is 1. The second-order valence-electron chi connectivity index (χ2n) is 5.96. The first-order chi connectivity index (χ1) is 12.1. The number of aliphatic hydroxyl groups excluding tert-OH is 1. The Kier molecular flexibility index (Phi) is 5.67. The third-order valence-electron chi connectivity index (χ3n) is 4.25. The number of hydrogen-bond donors (Lipinski definition) is 1. The summed E-state index contributed by atoms with van der Waals surface area (Å²) in [6.45, 7) is 7.22. The minimum absolute atomic E-state index is 0.0120. The molecule has 1 aromatic heterocycles. The molecular formula is C18H23N3O3S. The quantitative estimate of drug-likeness (QED) is 0.829. The topological polar surface area (TPSA) is 67.1 Å². The van der Waals surface area contributed by atoms with Crippen molar-refractivity contribution in [1.29, 1.82) is 0 Å². The normalized spacial score (nSPS) is 15.6. The second kappa shape index (κ2) is 7.95. The van der Waals surface area contributed by atoms with E-state index >= 15 is 0 Å². The third-order valence-corrected chi connectivity index (χ3v) is 5.53. The van der Waals surface area contributed by atoms with E-state index < -0.39 is 0 Å². The van der Waals surface area contributed by atoms with Gasteiger partial charge in [0.15, 0.2) is 10.6 Å². The van der Waals surface area contributed by atoms with Gasteiger partial charge in [0.25, 0.3) is 0 Å². The van der Waals surface area contributed by atoms with Crippen LogP contribution in [0, 0.1) is 6.92 Å². The number of nitrogens with zero attached hydrogens (tertiary/aromatic N) is 3. The standard InChI is InChI=1S/C18H23N3O3S/c1-13-17(14(2)23)25-18(21(13)7-10-22)19-15-3-5-16(6-4-15)20-8-11-24-12-9-20/h3-6,22H,7-12H2,1-2H3. The molecule has 1 saturated heterocycles. The van der Waals surface area contributed by atoms with Crippen molar-refractivity contribution in [2.45, 2.75) is 20.4 Å². The molecule has 0 radical (unpaired) electrons. The summed E-state index contributed by atoms with van der Waals surface area (Å²) in [5.41, 5.74) is 2.85. The molecule has 134 valence electrons. The highest BCUT2D eigenvalue weighted by molar-refractivity contribution is 7.11. The van der Waals surface area contributed by atoms with Crippen molar-refractivity contribution in [3.8, 4) is 0 Å². The van der Waals surface area contributed by atoms with Crippen LogP contribution < -0.4 is 9.70 Å². The summed E-state index contributed by atoms with van der Waals surface area (Å²) in [5, 5.41) is 9.30. The van der Waals surface area contributed by atoms with Gasteiger partial charge in [-0.1, -0.05) is 11.3 Å². The van der Waals surface area contributed by atoms with E-state index in [1.165, 1.54) is 11.3 Å². The maximum atomic E-state index is 11.8. The average Bonchev–Trinajstić information content (AvgIpc) is 2.93. The minimum atomic E-state index is 0.0120. The number of anilines is 1. The number of benzene rings is 1. The molecule has 2 aromatic rings. The lowest BCUT2D eigenvalue weighted by Gasteiger charge is -2.28. The first-order valence-corrected chi connectivity index (χ1v) is 9.21. The van der Waals surface area contributed by atoms with E-state index in [1.807, 2.05) is 23.6 Å². The van der Waals surface area contributed by atoms with Crippen molar-refractivity contribution in [1.82, 2.24) is 4.57 Å². The lowest BCUT2D eigenvalue weighted by Crippen LogP contribution is -2.36. The van der Waals surface area contributed by atoms with E-state index in [-0.39, 0.29) is 12.4 Å². The molecule has 0 bridgehead atoms. The summed E-state index contributed by atoms with van der Waals surface area (Å²) in [6, 6.07) is 8.09. The number of aromatic nitrogens is 1. The Morgan fingerprint density at radius 2 is 1.96 bits per heavy atom. The van der Waals surface area contributed by atoms with Gasteiger partial charge >= 0.3 is 0 Å². The molecule has 6 nitrogen and oxygen atoms in total. The molecule has 0 spiro atoms. The van der Waals surface area contributed by atoms with Crippen LogP contribution in [0.25, 0.3) is 0 Å². The van der Waals surface area contributed by atoms with Crippen molar-refractivity contribution < 1.29 is 14.6 Å². The number of carbonyl (C=O) groups excluding carboxylic acids is 1. The number of thiazole rings is 1. The lowest BCUT2D eigenvalue weighted by atomic mass is 10.2. The summed E-state index contributed by atoms with van der Waals surface area (Å²) in [4.78, 5) is 20.2. The van der Waals surface area contributed by atoms with Crippen molar-refractivity contribution in [2.75, 3.05) is 37.8 Å². The van der Waals surface area contributed by atoms with Crippen LogP contribution in [0.4, 0.5) is 11.4 Å². The number of aliphatic hydroxyl groups is 1. The third kappa shape index (κ3) is 4.00. The molecule has 2 heterocycles. The van der Waals surface area contributed by atoms with E-state index in [2.05, 4.69) is 22.0 Å². The van der Waals surface area contributed by atoms with E-state index in [0.717, 1.165) is 48.2 Å². The fourth-order valence-electron chi connectivity index (χ4n) is 2.93. The molecule has 0 aliphatic carbocycles. The molecule has 1 N–H and O–H groups in total. The van der Waals surface area contributed by atoms with Gasteiger partial charge in [-0.05, 0) is 31.2 Å². The van der Waals surface area contributed by atoms with Crippen molar-refractivity contribution in [3.05, 3.63) is 39.6 Å². The molecule has 1 aliphatic heterocycles.